The molecule has 2 heterocycles. The van der Waals surface area contributed by atoms with Crippen LogP contribution in [0.4, 0.5) is 9.18 Å². The summed E-state index contributed by atoms with van der Waals surface area (Å²) in [6, 6.07) is 5.48. The Morgan fingerprint density at radius 2 is 2.41 bits per heavy atom. The summed E-state index contributed by atoms with van der Waals surface area (Å²) in [6.45, 7) is 2.44. The molecule has 0 saturated carbocycles. The van der Waals surface area contributed by atoms with Crippen LogP contribution in [0.1, 0.15) is 19.8 Å². The number of hydrogen-bond donors (Lipinski definition) is 2. The monoisotopic (exact) mass is 326 g/mol. The molecule has 1 aromatic carbocycles. The standard InChI is InChI=1S/C15H19FN2O3S/c1-10-8-15(13(19)9-22-17-15)5-6-18(10)14(20)21-12-4-2-3-11(16)7-12/h2-4,7,10,13,17,19H,5-6,8-9H2,1H3. The maximum Gasteiger partial charge on any atom is 0.415 e. The minimum absolute atomic E-state index is 0.0596. The quantitative estimate of drug-likeness (QED) is 0.775. The summed E-state index contributed by atoms with van der Waals surface area (Å²) in [5, 5.41) is 10.2. The lowest BCUT2D eigenvalue weighted by molar-refractivity contribution is 0.0296. The lowest BCUT2D eigenvalue weighted by Crippen LogP contribution is -2.59. The van der Waals surface area contributed by atoms with Gasteiger partial charge in [-0.15, -0.1) is 0 Å². The SMILES string of the molecule is CC1CC2(CCN1C(=O)Oc1cccc(F)c1)NSCC2O. The van der Waals surface area contributed by atoms with E-state index in [4.69, 9.17) is 4.74 Å². The molecule has 3 rings (SSSR count). The van der Waals surface area contributed by atoms with Gasteiger partial charge in [0, 0.05) is 24.4 Å². The van der Waals surface area contributed by atoms with E-state index >= 15 is 0 Å². The fourth-order valence-corrected chi connectivity index (χ4v) is 4.30. The van der Waals surface area contributed by atoms with Gasteiger partial charge in [-0.25, -0.2) is 9.18 Å². The van der Waals surface area contributed by atoms with Crippen LogP contribution in [0, 0.1) is 5.82 Å². The average molecular weight is 326 g/mol. The molecule has 3 unspecified atom stereocenters. The molecular weight excluding hydrogens is 307 g/mol. The maximum absolute atomic E-state index is 13.1. The first-order valence-electron chi connectivity index (χ1n) is 7.31. The first-order chi connectivity index (χ1) is 10.5. The number of nitrogens with zero attached hydrogens (tertiary/aromatic N) is 1. The van der Waals surface area contributed by atoms with Crippen molar-refractivity contribution in [3.8, 4) is 5.75 Å². The molecule has 0 aromatic heterocycles. The highest BCUT2D eigenvalue weighted by atomic mass is 32.2. The summed E-state index contributed by atoms with van der Waals surface area (Å²) >= 11 is 1.53. The largest absolute Gasteiger partial charge is 0.415 e. The van der Waals surface area contributed by atoms with Gasteiger partial charge in [-0.3, -0.25) is 4.72 Å². The van der Waals surface area contributed by atoms with Crippen molar-refractivity contribution in [3.05, 3.63) is 30.1 Å². The van der Waals surface area contributed by atoms with Crippen LogP contribution in [-0.4, -0.2) is 46.1 Å². The molecule has 22 heavy (non-hydrogen) atoms. The smallest absolute Gasteiger partial charge is 0.410 e. The van der Waals surface area contributed by atoms with Crippen molar-refractivity contribution in [1.29, 1.82) is 0 Å². The predicted octanol–water partition coefficient (Wildman–Crippen LogP) is 2.16. The number of halogens is 1. The van der Waals surface area contributed by atoms with Crippen LogP contribution in [0.2, 0.25) is 0 Å². The lowest BCUT2D eigenvalue weighted by atomic mass is 9.81. The van der Waals surface area contributed by atoms with Gasteiger partial charge in [-0.05, 0) is 31.9 Å². The lowest BCUT2D eigenvalue weighted by Gasteiger charge is -2.44. The number of likely N-dealkylation sites (tertiary alicyclic amines) is 1. The van der Waals surface area contributed by atoms with E-state index < -0.39 is 18.0 Å². The predicted molar refractivity (Wildman–Crippen MR) is 82.2 cm³/mol. The number of hydrogen-bond acceptors (Lipinski definition) is 5. The number of carbonyl (C=O) groups is 1. The van der Waals surface area contributed by atoms with E-state index in [1.54, 1.807) is 11.0 Å². The highest BCUT2D eigenvalue weighted by Crippen LogP contribution is 2.37. The van der Waals surface area contributed by atoms with Crippen molar-refractivity contribution in [2.45, 2.75) is 37.5 Å². The van der Waals surface area contributed by atoms with Crippen molar-refractivity contribution >= 4 is 18.0 Å². The number of carbonyl (C=O) groups excluding carboxylic acids is 1. The maximum atomic E-state index is 13.1. The van der Waals surface area contributed by atoms with Crippen LogP contribution in [-0.2, 0) is 0 Å². The number of piperidine rings is 1. The van der Waals surface area contributed by atoms with Gasteiger partial charge in [0.15, 0.2) is 0 Å². The van der Waals surface area contributed by atoms with Crippen LogP contribution in [0.15, 0.2) is 24.3 Å². The van der Waals surface area contributed by atoms with Gasteiger partial charge in [0.2, 0.25) is 0 Å². The molecule has 120 valence electrons. The second-order valence-electron chi connectivity index (χ2n) is 5.91. The molecule has 0 bridgehead atoms. The highest BCUT2D eigenvalue weighted by Gasteiger charge is 2.48. The topological polar surface area (TPSA) is 61.8 Å². The number of amides is 1. The van der Waals surface area contributed by atoms with E-state index in [0.717, 1.165) is 0 Å². The molecule has 1 aromatic rings. The van der Waals surface area contributed by atoms with E-state index in [9.17, 15) is 14.3 Å². The number of rotatable bonds is 1. The van der Waals surface area contributed by atoms with Crippen molar-refractivity contribution in [2.24, 2.45) is 0 Å². The Balaban J connectivity index is 1.65. The van der Waals surface area contributed by atoms with Crippen molar-refractivity contribution in [1.82, 2.24) is 9.62 Å². The Bertz CT molecular complexity index is 573. The Hall–Kier alpha value is -1.31. The Morgan fingerprint density at radius 3 is 3.05 bits per heavy atom. The van der Waals surface area contributed by atoms with Gasteiger partial charge < -0.3 is 14.7 Å². The zero-order chi connectivity index (χ0) is 15.7. The number of aliphatic hydroxyl groups excluding tert-OH is 1. The first kappa shape index (κ1) is 15.6. The summed E-state index contributed by atoms with van der Waals surface area (Å²) < 4.78 is 21.7. The van der Waals surface area contributed by atoms with Gasteiger partial charge in [-0.1, -0.05) is 18.0 Å². The van der Waals surface area contributed by atoms with Gasteiger partial charge >= 0.3 is 6.09 Å². The molecule has 3 atom stereocenters. The Morgan fingerprint density at radius 1 is 1.59 bits per heavy atom. The van der Waals surface area contributed by atoms with Crippen LogP contribution in [0.25, 0.3) is 0 Å². The fourth-order valence-electron chi connectivity index (χ4n) is 3.13. The second kappa shape index (κ2) is 6.06. The van der Waals surface area contributed by atoms with Crippen LogP contribution in [0.5, 0.6) is 5.75 Å². The van der Waals surface area contributed by atoms with Gasteiger partial charge in [0.1, 0.15) is 11.6 Å². The van der Waals surface area contributed by atoms with Crippen LogP contribution >= 0.6 is 11.9 Å². The first-order valence-corrected chi connectivity index (χ1v) is 8.30. The van der Waals surface area contributed by atoms with Gasteiger partial charge in [0.05, 0.1) is 11.6 Å². The summed E-state index contributed by atoms with van der Waals surface area (Å²) in [5.74, 6) is 0.429. The molecule has 2 aliphatic rings. The molecule has 2 N–H and O–H groups in total. The van der Waals surface area contributed by atoms with E-state index in [0.29, 0.717) is 25.1 Å². The summed E-state index contributed by atoms with van der Waals surface area (Å²) in [7, 11) is 0. The van der Waals surface area contributed by atoms with Crippen LogP contribution in [0.3, 0.4) is 0 Å². The molecular formula is C15H19FN2O3S. The number of benzene rings is 1. The molecule has 1 spiro atoms. The molecule has 2 aliphatic heterocycles. The summed E-state index contributed by atoms with van der Waals surface area (Å²) in [4.78, 5) is 13.9. The molecule has 0 aliphatic carbocycles. The fraction of sp³-hybridized carbons (Fsp3) is 0.533. The third-order valence-electron chi connectivity index (χ3n) is 4.38. The normalized spacial score (nSPS) is 31.5. The highest BCUT2D eigenvalue weighted by molar-refractivity contribution is 7.97. The average Bonchev–Trinajstić information content (AvgIpc) is 2.79. The number of nitrogens with one attached hydrogen (secondary N) is 1. The second-order valence-corrected chi connectivity index (χ2v) is 6.73. The van der Waals surface area contributed by atoms with Gasteiger partial charge in [-0.2, -0.15) is 0 Å². The summed E-state index contributed by atoms with van der Waals surface area (Å²) in [5.41, 5.74) is -0.320. The van der Waals surface area contributed by atoms with Crippen molar-refractivity contribution in [2.75, 3.05) is 12.3 Å². The third kappa shape index (κ3) is 2.93. The molecule has 2 saturated heterocycles. The third-order valence-corrected chi connectivity index (χ3v) is 5.41. The molecule has 0 radical (unpaired) electrons. The molecule has 1 amide bonds. The van der Waals surface area contributed by atoms with Gasteiger partial charge in [0.25, 0.3) is 0 Å². The summed E-state index contributed by atoms with van der Waals surface area (Å²) in [6.07, 6.45) is 0.456. The minimum atomic E-state index is -0.479. The van der Waals surface area contributed by atoms with Crippen LogP contribution < -0.4 is 9.46 Å². The minimum Gasteiger partial charge on any atom is -0.410 e. The number of aliphatic hydroxyl groups is 1. The van der Waals surface area contributed by atoms with Crippen molar-refractivity contribution < 1.29 is 19.0 Å². The zero-order valence-electron chi connectivity index (χ0n) is 12.3. The van der Waals surface area contributed by atoms with E-state index in [-0.39, 0.29) is 17.3 Å². The van der Waals surface area contributed by atoms with E-state index in [2.05, 4.69) is 4.72 Å². The van der Waals surface area contributed by atoms with E-state index in [1.165, 1.54) is 30.1 Å². The molecule has 5 nitrogen and oxygen atoms in total. The number of ether oxygens (including phenoxy) is 1. The molecule has 7 heteroatoms. The van der Waals surface area contributed by atoms with Crippen molar-refractivity contribution in [3.63, 3.8) is 0 Å². The Kier molecular flexibility index (Phi) is 4.29. The zero-order valence-corrected chi connectivity index (χ0v) is 13.1. The van der Waals surface area contributed by atoms with E-state index in [1.807, 2.05) is 6.92 Å². The molecule has 2 fully saturated rings. The Labute approximate surface area is 133 Å².